The molecule has 5 atom stereocenters. The molecule has 1 aromatic rings. The van der Waals surface area contributed by atoms with Crippen LogP contribution in [0, 0.1) is 5.92 Å². The van der Waals surface area contributed by atoms with Crippen molar-refractivity contribution in [1.29, 1.82) is 0 Å². The predicted molar refractivity (Wildman–Crippen MR) is 191 cm³/mol. The van der Waals surface area contributed by atoms with Gasteiger partial charge in [0, 0.05) is 31.5 Å². The third kappa shape index (κ3) is 8.97. The van der Waals surface area contributed by atoms with E-state index in [9.17, 15) is 32.4 Å². The van der Waals surface area contributed by atoms with Crippen LogP contribution in [0.15, 0.2) is 36.4 Å². The summed E-state index contributed by atoms with van der Waals surface area (Å²) in [7, 11) is -4.17. The zero-order chi connectivity index (χ0) is 37.2. The minimum atomic E-state index is -4.17. The number of alkyl carbamates (subject to hydrolysis) is 1. The number of nitrogens with zero attached hydrogens (tertiary/aromatic N) is 2. The van der Waals surface area contributed by atoms with E-state index < -0.39 is 69.8 Å². The fourth-order valence-electron chi connectivity index (χ4n) is 8.03. The van der Waals surface area contributed by atoms with E-state index in [-0.39, 0.29) is 31.5 Å². The molecule has 3 aliphatic heterocycles. The molecule has 6 aliphatic rings. The Morgan fingerprint density at radius 3 is 2.43 bits per heavy atom. The van der Waals surface area contributed by atoms with Crippen LogP contribution in [0.4, 0.5) is 9.59 Å². The number of amides is 5. The molecule has 1 saturated heterocycles. The van der Waals surface area contributed by atoms with E-state index in [1.54, 1.807) is 4.90 Å². The first-order chi connectivity index (χ1) is 25.5. The molecule has 3 heterocycles. The van der Waals surface area contributed by atoms with Gasteiger partial charge in [0.1, 0.15) is 29.8 Å². The molecule has 1 aromatic carbocycles. The maximum Gasteiger partial charge on any atom is 0.410 e. The van der Waals surface area contributed by atoms with Gasteiger partial charge in [0.2, 0.25) is 11.8 Å². The highest BCUT2D eigenvalue weighted by molar-refractivity contribution is 7.88. The van der Waals surface area contributed by atoms with Gasteiger partial charge in [-0.05, 0) is 81.8 Å². The van der Waals surface area contributed by atoms with Crippen molar-refractivity contribution < 1.29 is 41.9 Å². The second kappa shape index (κ2) is 15.7. The quantitative estimate of drug-likeness (QED) is 0.303. The number of hydrogen-bond acceptors (Lipinski definition) is 9. The Morgan fingerprint density at radius 2 is 1.66 bits per heavy atom. The Bertz CT molecular complexity index is 1730. The summed E-state index contributed by atoms with van der Waals surface area (Å²) in [5.41, 5.74) is 0.631. The predicted octanol–water partition coefficient (Wildman–Crippen LogP) is 2.70. The maximum atomic E-state index is 14.4. The maximum absolute atomic E-state index is 14.4. The van der Waals surface area contributed by atoms with Crippen molar-refractivity contribution in [2.75, 3.05) is 13.1 Å². The molecule has 0 bridgehead atoms. The van der Waals surface area contributed by atoms with Gasteiger partial charge in [-0.1, -0.05) is 49.3 Å². The molecule has 3 aliphatic carbocycles. The van der Waals surface area contributed by atoms with Crippen LogP contribution in [-0.2, 0) is 47.0 Å². The van der Waals surface area contributed by atoms with Crippen molar-refractivity contribution in [2.24, 2.45) is 5.92 Å². The van der Waals surface area contributed by atoms with Gasteiger partial charge in [-0.2, -0.15) is 13.1 Å². The standard InChI is InChI=1S/C37H50N6O9S/c44-32-31-20-29(52-36(48)42-19-18-24-10-6-7-11-25(24)22-42)23-43(31)33(45)30(38-35(47)51-28-13-8-9-14-28)15-5-3-1-2-4-12-26-21-37(26,39-32)34(46)41-53(49,50)40-27-16-17-27/h4,6-7,10-12,26-31,40H,1-3,5,8-9,13-23H2,(H,38,47)(H,39,44)(H,41,46)/t26-,29-,30+,31+,37-/m1/s1. The van der Waals surface area contributed by atoms with Crippen LogP contribution in [-0.4, -0.2) is 97.1 Å². The lowest BCUT2D eigenvalue weighted by Crippen LogP contribution is -2.59. The second-order valence-electron chi connectivity index (χ2n) is 15.4. The molecule has 15 nitrogen and oxygen atoms in total. The van der Waals surface area contributed by atoms with Gasteiger partial charge in [0.05, 0.1) is 6.54 Å². The molecule has 0 aromatic heterocycles. The number of benzene rings is 1. The zero-order valence-corrected chi connectivity index (χ0v) is 30.7. The van der Waals surface area contributed by atoms with Crippen molar-refractivity contribution in [3.8, 4) is 0 Å². The summed E-state index contributed by atoms with van der Waals surface area (Å²) in [4.78, 5) is 71.8. The van der Waals surface area contributed by atoms with Crippen LogP contribution in [0.25, 0.3) is 0 Å². The minimum absolute atomic E-state index is 0.0489. The molecule has 0 unspecified atom stereocenters. The Labute approximate surface area is 310 Å². The molecule has 0 spiro atoms. The SMILES string of the molecule is O=C(N[C@H]1CCCCCC=C[C@@H]2C[C@@]2(C(=O)NS(=O)(=O)NC2CC2)NC(=O)[C@@H]2C[C@@H](OC(=O)N3CCc4ccccc4C3)CN2C1=O)OC1CCCC1. The van der Waals surface area contributed by atoms with Gasteiger partial charge in [0.25, 0.3) is 5.91 Å². The zero-order valence-electron chi connectivity index (χ0n) is 29.9. The molecule has 3 saturated carbocycles. The highest BCUT2D eigenvalue weighted by Gasteiger charge is 2.62. The normalized spacial score (nSPS) is 29.4. The van der Waals surface area contributed by atoms with Crippen LogP contribution >= 0.6 is 0 Å². The van der Waals surface area contributed by atoms with E-state index in [1.165, 1.54) is 4.90 Å². The lowest BCUT2D eigenvalue weighted by Gasteiger charge is -2.30. The number of fused-ring (bicyclic) bond motifs is 3. The fraction of sp³-hybridized carbons (Fsp3) is 0.649. The van der Waals surface area contributed by atoms with Crippen LogP contribution < -0.4 is 20.1 Å². The number of carbonyl (C=O) groups is 5. The van der Waals surface area contributed by atoms with Gasteiger partial charge in [-0.25, -0.2) is 14.3 Å². The van der Waals surface area contributed by atoms with Gasteiger partial charge >= 0.3 is 22.4 Å². The molecule has 53 heavy (non-hydrogen) atoms. The number of hydrogen-bond donors (Lipinski definition) is 4. The first-order valence-corrected chi connectivity index (χ1v) is 20.6. The van der Waals surface area contributed by atoms with E-state index in [0.29, 0.717) is 51.6 Å². The van der Waals surface area contributed by atoms with Crippen LogP contribution in [0.1, 0.15) is 94.6 Å². The van der Waals surface area contributed by atoms with E-state index in [2.05, 4.69) is 20.1 Å². The Kier molecular flexibility index (Phi) is 11.0. The van der Waals surface area contributed by atoms with Crippen molar-refractivity contribution in [2.45, 2.75) is 132 Å². The number of nitrogens with one attached hydrogen (secondary N) is 4. The molecule has 288 valence electrons. The average molecular weight is 755 g/mol. The van der Waals surface area contributed by atoms with Crippen molar-refractivity contribution in [3.63, 3.8) is 0 Å². The van der Waals surface area contributed by atoms with Crippen LogP contribution in [0.3, 0.4) is 0 Å². The van der Waals surface area contributed by atoms with Crippen molar-refractivity contribution in [3.05, 3.63) is 47.5 Å². The summed E-state index contributed by atoms with van der Waals surface area (Å²) >= 11 is 0. The second-order valence-corrected chi connectivity index (χ2v) is 16.8. The van der Waals surface area contributed by atoms with Gasteiger partial charge in [0.15, 0.2) is 0 Å². The summed E-state index contributed by atoms with van der Waals surface area (Å²) in [6.45, 7) is 0.717. The highest BCUT2D eigenvalue weighted by Crippen LogP contribution is 2.46. The summed E-state index contributed by atoms with van der Waals surface area (Å²) < 4.78 is 41.6. The summed E-state index contributed by atoms with van der Waals surface area (Å²) in [5, 5.41) is 5.59. The average Bonchev–Trinajstić information content (AvgIpc) is 3.95. The topological polar surface area (TPSA) is 193 Å². The number of carbonyl (C=O) groups excluding carboxylic acids is 5. The molecule has 5 amide bonds. The van der Waals surface area contributed by atoms with Crippen molar-refractivity contribution in [1.82, 2.24) is 29.9 Å². The third-order valence-electron chi connectivity index (χ3n) is 11.3. The van der Waals surface area contributed by atoms with Gasteiger partial charge in [-0.15, -0.1) is 0 Å². The number of rotatable bonds is 7. The Morgan fingerprint density at radius 1 is 0.906 bits per heavy atom. The van der Waals surface area contributed by atoms with Crippen molar-refractivity contribution >= 4 is 40.1 Å². The van der Waals surface area contributed by atoms with E-state index in [0.717, 1.165) is 49.7 Å². The first-order valence-electron chi connectivity index (χ1n) is 19.1. The van der Waals surface area contributed by atoms with Crippen LogP contribution in [0.5, 0.6) is 0 Å². The number of ether oxygens (including phenoxy) is 2. The minimum Gasteiger partial charge on any atom is -0.446 e. The molecule has 16 heteroatoms. The van der Waals surface area contributed by atoms with E-state index in [1.807, 2.05) is 36.4 Å². The van der Waals surface area contributed by atoms with E-state index in [4.69, 9.17) is 9.47 Å². The molecule has 4 N–H and O–H groups in total. The summed E-state index contributed by atoms with van der Waals surface area (Å²) in [6, 6.07) is 5.48. The lowest BCUT2D eigenvalue weighted by molar-refractivity contribution is -0.141. The largest absolute Gasteiger partial charge is 0.446 e. The summed E-state index contributed by atoms with van der Waals surface area (Å²) in [6.07, 6.45) is 10.2. The number of allylic oxidation sites excluding steroid dienone is 1. The Hall–Kier alpha value is -4.18. The summed E-state index contributed by atoms with van der Waals surface area (Å²) in [5.74, 6) is -2.52. The Balaban J connectivity index is 1.11. The molecular weight excluding hydrogens is 705 g/mol. The fourth-order valence-corrected chi connectivity index (χ4v) is 9.19. The lowest BCUT2D eigenvalue weighted by atomic mass is 10.0. The van der Waals surface area contributed by atoms with E-state index >= 15 is 0 Å². The molecule has 4 fully saturated rings. The smallest absolute Gasteiger partial charge is 0.410 e. The monoisotopic (exact) mass is 754 g/mol. The van der Waals surface area contributed by atoms with Crippen LogP contribution in [0.2, 0.25) is 0 Å². The van der Waals surface area contributed by atoms with Gasteiger partial charge < -0.3 is 29.9 Å². The third-order valence-corrected chi connectivity index (χ3v) is 12.4. The molecule has 7 rings (SSSR count). The molecular formula is C37H50N6O9S. The van der Waals surface area contributed by atoms with Gasteiger partial charge in [-0.3, -0.25) is 14.4 Å². The highest BCUT2D eigenvalue weighted by atomic mass is 32.2. The molecule has 0 radical (unpaired) electrons. The first kappa shape index (κ1) is 37.1.